The van der Waals surface area contributed by atoms with Crippen LogP contribution < -0.4 is 5.73 Å². The fourth-order valence-electron chi connectivity index (χ4n) is 2.39. The standard InChI is InChI=1S/C13H26O.C8H9NO2/c1-4-5-6-7-8-9-10-11-13(2,3)12-14;1-11-8(10)6-4-2-3-5-7(6)9/h12H,4-11H2,1-3H3;2-5H,9H2,1H3. The van der Waals surface area contributed by atoms with Gasteiger partial charge in [-0.25, -0.2) is 4.79 Å². The number of methoxy groups -OCH3 is 1. The van der Waals surface area contributed by atoms with E-state index in [-0.39, 0.29) is 5.41 Å². The van der Waals surface area contributed by atoms with E-state index in [2.05, 4.69) is 11.7 Å². The molecule has 0 aliphatic rings. The first-order chi connectivity index (χ1) is 11.9. The second-order valence-corrected chi connectivity index (χ2v) is 7.06. The second-order valence-electron chi connectivity index (χ2n) is 7.06. The minimum Gasteiger partial charge on any atom is -0.465 e. The number of carbonyl (C=O) groups excluding carboxylic acids is 2. The first-order valence-corrected chi connectivity index (χ1v) is 9.27. The van der Waals surface area contributed by atoms with Crippen LogP contribution in [0.2, 0.25) is 0 Å². The van der Waals surface area contributed by atoms with Gasteiger partial charge < -0.3 is 15.3 Å². The Morgan fingerprint density at radius 3 is 2.16 bits per heavy atom. The number of unbranched alkanes of at least 4 members (excludes halogenated alkanes) is 6. The fraction of sp³-hybridized carbons (Fsp3) is 0.619. The molecule has 0 aliphatic carbocycles. The molecular weight excluding hydrogens is 314 g/mol. The number of aldehydes is 1. The zero-order valence-corrected chi connectivity index (χ0v) is 16.3. The lowest BCUT2D eigenvalue weighted by Crippen LogP contribution is -2.12. The Morgan fingerprint density at radius 1 is 1.08 bits per heavy atom. The molecule has 0 aromatic heterocycles. The van der Waals surface area contributed by atoms with Gasteiger partial charge in [0.15, 0.2) is 0 Å². The van der Waals surface area contributed by atoms with Gasteiger partial charge in [0, 0.05) is 11.1 Å². The molecule has 1 aromatic rings. The van der Waals surface area contributed by atoms with Crippen LogP contribution in [0.5, 0.6) is 0 Å². The Hall–Kier alpha value is -1.84. The number of ether oxygens (including phenoxy) is 1. The Kier molecular flexibility index (Phi) is 12.5. The number of nitrogen functional groups attached to an aromatic ring is 1. The smallest absolute Gasteiger partial charge is 0.339 e. The topological polar surface area (TPSA) is 69.4 Å². The SMILES string of the molecule is CCCCCCCCCC(C)(C)C=O.COC(=O)c1ccccc1N. The van der Waals surface area contributed by atoms with Crippen LogP contribution in [0.3, 0.4) is 0 Å². The maximum atomic E-state index is 10.9. The minimum absolute atomic E-state index is 0.0938. The van der Waals surface area contributed by atoms with Crippen LogP contribution in [0, 0.1) is 5.41 Å². The Bertz CT molecular complexity index is 498. The van der Waals surface area contributed by atoms with E-state index in [1.165, 1.54) is 52.1 Å². The average Bonchev–Trinajstić information content (AvgIpc) is 2.61. The molecular formula is C21H35NO3. The highest BCUT2D eigenvalue weighted by molar-refractivity contribution is 5.94. The van der Waals surface area contributed by atoms with E-state index >= 15 is 0 Å². The molecule has 0 atom stereocenters. The Balaban J connectivity index is 0.000000472. The summed E-state index contributed by atoms with van der Waals surface area (Å²) in [7, 11) is 1.33. The van der Waals surface area contributed by atoms with Gasteiger partial charge in [-0.1, -0.05) is 77.8 Å². The van der Waals surface area contributed by atoms with E-state index < -0.39 is 5.97 Å². The molecule has 0 radical (unpaired) electrons. The summed E-state index contributed by atoms with van der Waals surface area (Å²) in [5.74, 6) is -0.400. The number of anilines is 1. The first-order valence-electron chi connectivity index (χ1n) is 9.27. The number of hydrogen-bond acceptors (Lipinski definition) is 4. The van der Waals surface area contributed by atoms with Crippen LogP contribution in [0.15, 0.2) is 24.3 Å². The van der Waals surface area contributed by atoms with Gasteiger partial charge in [0.2, 0.25) is 0 Å². The summed E-state index contributed by atoms with van der Waals surface area (Å²) < 4.78 is 4.50. The van der Waals surface area contributed by atoms with Crippen molar-refractivity contribution in [3.8, 4) is 0 Å². The van der Waals surface area contributed by atoms with Crippen molar-refractivity contribution in [1.82, 2.24) is 0 Å². The minimum atomic E-state index is -0.400. The highest BCUT2D eigenvalue weighted by Gasteiger charge is 2.14. The lowest BCUT2D eigenvalue weighted by atomic mass is 9.88. The molecule has 0 bridgehead atoms. The summed E-state index contributed by atoms with van der Waals surface area (Å²) in [6, 6.07) is 6.79. The van der Waals surface area contributed by atoms with Gasteiger partial charge in [0.05, 0.1) is 12.7 Å². The molecule has 0 aliphatic heterocycles. The van der Waals surface area contributed by atoms with Crippen molar-refractivity contribution in [2.75, 3.05) is 12.8 Å². The maximum absolute atomic E-state index is 10.9. The molecule has 0 spiro atoms. The van der Waals surface area contributed by atoms with Gasteiger partial charge in [-0.15, -0.1) is 0 Å². The summed E-state index contributed by atoms with van der Waals surface area (Å²) in [6.45, 7) is 6.29. The van der Waals surface area contributed by atoms with Gasteiger partial charge in [0.1, 0.15) is 6.29 Å². The maximum Gasteiger partial charge on any atom is 0.339 e. The van der Waals surface area contributed by atoms with Crippen molar-refractivity contribution in [3.05, 3.63) is 29.8 Å². The Labute approximate surface area is 153 Å². The van der Waals surface area contributed by atoms with E-state index in [9.17, 15) is 9.59 Å². The highest BCUT2D eigenvalue weighted by atomic mass is 16.5. The molecule has 0 saturated heterocycles. The van der Waals surface area contributed by atoms with Crippen LogP contribution in [-0.4, -0.2) is 19.4 Å². The van der Waals surface area contributed by atoms with E-state index in [0.717, 1.165) is 12.7 Å². The molecule has 0 amide bonds. The molecule has 0 saturated carbocycles. The number of rotatable bonds is 10. The molecule has 25 heavy (non-hydrogen) atoms. The van der Waals surface area contributed by atoms with E-state index in [1.54, 1.807) is 24.3 Å². The fourth-order valence-corrected chi connectivity index (χ4v) is 2.39. The zero-order chi connectivity index (χ0) is 19.1. The van der Waals surface area contributed by atoms with Gasteiger partial charge >= 0.3 is 5.97 Å². The number of hydrogen-bond donors (Lipinski definition) is 1. The number of para-hydroxylation sites is 1. The van der Waals surface area contributed by atoms with E-state index in [4.69, 9.17) is 5.73 Å². The van der Waals surface area contributed by atoms with Crippen LogP contribution in [-0.2, 0) is 9.53 Å². The summed E-state index contributed by atoms with van der Waals surface area (Å²) in [5, 5.41) is 0. The molecule has 1 aromatic carbocycles. The van der Waals surface area contributed by atoms with E-state index in [0.29, 0.717) is 11.3 Å². The summed E-state index contributed by atoms with van der Waals surface area (Å²) >= 11 is 0. The molecule has 4 heteroatoms. The highest BCUT2D eigenvalue weighted by Crippen LogP contribution is 2.21. The van der Waals surface area contributed by atoms with Gasteiger partial charge in [-0.2, -0.15) is 0 Å². The van der Waals surface area contributed by atoms with Gasteiger partial charge in [0.25, 0.3) is 0 Å². The predicted octanol–water partition coefficient (Wildman–Crippen LogP) is 5.41. The van der Waals surface area contributed by atoms with Crippen molar-refractivity contribution in [3.63, 3.8) is 0 Å². The normalized spacial score (nSPS) is 10.6. The van der Waals surface area contributed by atoms with Crippen molar-refractivity contribution in [2.45, 2.75) is 72.1 Å². The number of esters is 1. The van der Waals surface area contributed by atoms with Crippen molar-refractivity contribution in [2.24, 2.45) is 5.41 Å². The molecule has 0 heterocycles. The monoisotopic (exact) mass is 349 g/mol. The predicted molar refractivity (Wildman–Crippen MR) is 105 cm³/mol. The molecule has 2 N–H and O–H groups in total. The zero-order valence-electron chi connectivity index (χ0n) is 16.3. The third-order valence-electron chi connectivity index (χ3n) is 4.11. The first kappa shape index (κ1) is 23.2. The van der Waals surface area contributed by atoms with Crippen LogP contribution in [0.1, 0.15) is 82.5 Å². The van der Waals surface area contributed by atoms with Crippen molar-refractivity contribution in [1.29, 1.82) is 0 Å². The van der Waals surface area contributed by atoms with Crippen LogP contribution >= 0.6 is 0 Å². The quantitative estimate of drug-likeness (QED) is 0.265. The number of benzene rings is 1. The average molecular weight is 350 g/mol. The lowest BCUT2D eigenvalue weighted by molar-refractivity contribution is -0.115. The largest absolute Gasteiger partial charge is 0.465 e. The number of nitrogens with two attached hydrogens (primary N) is 1. The van der Waals surface area contributed by atoms with Crippen LogP contribution in [0.25, 0.3) is 0 Å². The van der Waals surface area contributed by atoms with E-state index in [1.807, 2.05) is 13.8 Å². The summed E-state index contributed by atoms with van der Waals surface area (Å²) in [4.78, 5) is 21.6. The molecule has 142 valence electrons. The van der Waals surface area contributed by atoms with Gasteiger partial charge in [-0.3, -0.25) is 0 Å². The third kappa shape index (κ3) is 11.4. The lowest BCUT2D eigenvalue weighted by Gasteiger charge is -2.15. The second kappa shape index (κ2) is 13.5. The molecule has 0 unspecified atom stereocenters. The molecule has 0 fully saturated rings. The van der Waals surface area contributed by atoms with Crippen LogP contribution in [0.4, 0.5) is 5.69 Å². The Morgan fingerprint density at radius 2 is 1.64 bits per heavy atom. The number of carbonyl (C=O) groups is 2. The molecule has 4 nitrogen and oxygen atoms in total. The summed E-state index contributed by atoms with van der Waals surface area (Å²) in [6.07, 6.45) is 11.4. The molecule has 1 rings (SSSR count). The third-order valence-corrected chi connectivity index (χ3v) is 4.11. The summed E-state index contributed by atoms with van der Waals surface area (Å²) in [5.41, 5.74) is 6.26. The van der Waals surface area contributed by atoms with Gasteiger partial charge in [-0.05, 0) is 18.6 Å². The van der Waals surface area contributed by atoms with Crippen molar-refractivity contribution < 1.29 is 14.3 Å². The van der Waals surface area contributed by atoms with Crippen molar-refractivity contribution >= 4 is 17.9 Å².